The molecular weight excluding hydrogens is 431 g/mol. The molecule has 1 amide bonds. The van der Waals surface area contributed by atoms with Crippen LogP contribution in [0.15, 0.2) is 42.0 Å². The van der Waals surface area contributed by atoms with Gasteiger partial charge in [0.1, 0.15) is 5.76 Å². The normalized spacial score (nSPS) is 17.5. The molecule has 1 aliphatic rings. The first kappa shape index (κ1) is 24.1. The fraction of sp³-hybridized carbons (Fsp3) is 0.333. The van der Waals surface area contributed by atoms with Crippen molar-refractivity contribution in [3.05, 3.63) is 58.9 Å². The standard InChI is InChI=1S/C24H27FN2O6/c1-26(2)10-11-27-21(14-6-9-18(32-4)19(13-14)33-5)20(23(29)24(27)30)22(28)15-7-8-17(31-3)16(25)12-15/h6-9,12-13,21,28H,10-11H2,1-5H3/t21-/m1/s1. The van der Waals surface area contributed by atoms with Gasteiger partial charge in [0, 0.05) is 18.7 Å². The van der Waals surface area contributed by atoms with Crippen molar-refractivity contribution < 1.29 is 33.3 Å². The fourth-order valence-electron chi connectivity index (χ4n) is 3.76. The predicted molar refractivity (Wildman–Crippen MR) is 120 cm³/mol. The fourth-order valence-corrected chi connectivity index (χ4v) is 3.76. The predicted octanol–water partition coefficient (Wildman–Crippen LogP) is 2.83. The zero-order chi connectivity index (χ0) is 24.3. The molecule has 1 saturated heterocycles. The Bertz CT molecular complexity index is 1100. The van der Waals surface area contributed by atoms with E-state index in [1.54, 1.807) is 18.2 Å². The van der Waals surface area contributed by atoms with Crippen molar-refractivity contribution in [3.63, 3.8) is 0 Å². The topological polar surface area (TPSA) is 88.5 Å². The zero-order valence-electron chi connectivity index (χ0n) is 19.2. The minimum absolute atomic E-state index is 0.00516. The van der Waals surface area contributed by atoms with Gasteiger partial charge >= 0.3 is 0 Å². The second-order valence-electron chi connectivity index (χ2n) is 7.76. The number of halogens is 1. The van der Waals surface area contributed by atoms with E-state index in [9.17, 15) is 19.1 Å². The lowest BCUT2D eigenvalue weighted by molar-refractivity contribution is -0.140. The van der Waals surface area contributed by atoms with E-state index in [1.165, 1.54) is 38.4 Å². The van der Waals surface area contributed by atoms with E-state index in [4.69, 9.17) is 14.2 Å². The number of hydrogen-bond donors (Lipinski definition) is 1. The first-order valence-electron chi connectivity index (χ1n) is 10.2. The van der Waals surface area contributed by atoms with E-state index in [1.807, 2.05) is 19.0 Å². The van der Waals surface area contributed by atoms with Gasteiger partial charge in [-0.3, -0.25) is 9.59 Å². The number of Topliss-reactive ketones (excluding diaryl/α,β-unsaturated/α-hetero) is 1. The lowest BCUT2D eigenvalue weighted by atomic mass is 9.95. The first-order chi connectivity index (χ1) is 15.7. The number of ketones is 1. The van der Waals surface area contributed by atoms with Crippen molar-refractivity contribution >= 4 is 17.4 Å². The third kappa shape index (κ3) is 4.63. The minimum Gasteiger partial charge on any atom is -0.507 e. The van der Waals surface area contributed by atoms with E-state index in [0.717, 1.165) is 6.07 Å². The van der Waals surface area contributed by atoms with E-state index in [0.29, 0.717) is 23.6 Å². The van der Waals surface area contributed by atoms with Gasteiger partial charge in [0.15, 0.2) is 23.1 Å². The molecule has 2 aromatic rings. The smallest absolute Gasteiger partial charge is 0.295 e. The molecular formula is C24H27FN2O6. The van der Waals surface area contributed by atoms with Gasteiger partial charge in [-0.1, -0.05) is 6.07 Å². The number of carbonyl (C=O) groups excluding carboxylic acids is 2. The summed E-state index contributed by atoms with van der Waals surface area (Å²) >= 11 is 0. The quantitative estimate of drug-likeness (QED) is 0.370. The molecule has 0 saturated carbocycles. The molecule has 1 atom stereocenters. The van der Waals surface area contributed by atoms with Gasteiger partial charge in [-0.25, -0.2) is 4.39 Å². The lowest BCUT2D eigenvalue weighted by Gasteiger charge is -2.27. The number of likely N-dealkylation sites (tertiary alicyclic amines) is 1. The molecule has 0 aromatic heterocycles. The lowest BCUT2D eigenvalue weighted by Crippen LogP contribution is -2.35. The summed E-state index contributed by atoms with van der Waals surface area (Å²) in [6.07, 6.45) is 0. The number of aliphatic hydroxyl groups is 1. The summed E-state index contributed by atoms with van der Waals surface area (Å²) < 4.78 is 29.9. The number of aliphatic hydroxyl groups excluding tert-OH is 1. The highest BCUT2D eigenvalue weighted by Gasteiger charge is 2.46. The monoisotopic (exact) mass is 458 g/mol. The van der Waals surface area contributed by atoms with Crippen molar-refractivity contribution in [1.29, 1.82) is 0 Å². The summed E-state index contributed by atoms with van der Waals surface area (Å²) in [5.74, 6) is -1.88. The first-order valence-corrected chi connectivity index (χ1v) is 10.2. The van der Waals surface area contributed by atoms with E-state index in [2.05, 4.69) is 0 Å². The summed E-state index contributed by atoms with van der Waals surface area (Å²) in [5.41, 5.74) is 0.473. The molecule has 3 rings (SSSR count). The highest BCUT2D eigenvalue weighted by molar-refractivity contribution is 6.46. The Morgan fingerprint density at radius 1 is 1.00 bits per heavy atom. The van der Waals surface area contributed by atoms with Gasteiger partial charge in [0.25, 0.3) is 11.7 Å². The Morgan fingerprint density at radius 3 is 2.21 bits per heavy atom. The van der Waals surface area contributed by atoms with E-state index >= 15 is 0 Å². The van der Waals surface area contributed by atoms with Crippen LogP contribution in [0.3, 0.4) is 0 Å². The molecule has 0 aliphatic carbocycles. The van der Waals surface area contributed by atoms with Gasteiger partial charge in [0.2, 0.25) is 0 Å². The molecule has 33 heavy (non-hydrogen) atoms. The number of likely N-dealkylation sites (N-methyl/N-ethyl adjacent to an activating group) is 1. The van der Waals surface area contributed by atoms with Crippen molar-refractivity contribution in [3.8, 4) is 17.2 Å². The van der Waals surface area contributed by atoms with Crippen LogP contribution in [-0.2, 0) is 9.59 Å². The number of methoxy groups -OCH3 is 3. The Hall–Kier alpha value is -3.59. The Balaban J connectivity index is 2.19. The summed E-state index contributed by atoms with van der Waals surface area (Å²) in [5, 5.41) is 11.1. The molecule has 8 nitrogen and oxygen atoms in total. The number of hydrogen-bond acceptors (Lipinski definition) is 7. The number of benzene rings is 2. The number of carbonyl (C=O) groups is 2. The number of rotatable bonds is 8. The zero-order valence-corrected chi connectivity index (χ0v) is 19.2. The number of ether oxygens (including phenoxy) is 3. The molecule has 1 heterocycles. The molecule has 1 fully saturated rings. The van der Waals surface area contributed by atoms with Gasteiger partial charge in [-0.05, 0) is 50.0 Å². The Kier molecular flexibility index (Phi) is 7.23. The second kappa shape index (κ2) is 9.91. The van der Waals surface area contributed by atoms with Crippen molar-refractivity contribution in [2.24, 2.45) is 0 Å². The molecule has 1 N–H and O–H groups in total. The molecule has 0 spiro atoms. The maximum Gasteiger partial charge on any atom is 0.295 e. The van der Waals surface area contributed by atoms with Crippen LogP contribution in [0.4, 0.5) is 4.39 Å². The largest absolute Gasteiger partial charge is 0.507 e. The van der Waals surface area contributed by atoms with Crippen LogP contribution in [0.2, 0.25) is 0 Å². The molecule has 176 valence electrons. The third-order valence-electron chi connectivity index (χ3n) is 5.48. The molecule has 2 aromatic carbocycles. The van der Waals surface area contributed by atoms with Crippen LogP contribution in [0.25, 0.3) is 5.76 Å². The Labute approximate surface area is 191 Å². The van der Waals surface area contributed by atoms with Crippen molar-refractivity contribution in [1.82, 2.24) is 9.80 Å². The maximum atomic E-state index is 14.3. The maximum absolute atomic E-state index is 14.3. The van der Waals surface area contributed by atoms with Gasteiger partial charge in [0.05, 0.1) is 32.9 Å². The van der Waals surface area contributed by atoms with Crippen LogP contribution < -0.4 is 14.2 Å². The Morgan fingerprint density at radius 2 is 1.64 bits per heavy atom. The van der Waals surface area contributed by atoms with Crippen LogP contribution in [0.1, 0.15) is 17.2 Å². The van der Waals surface area contributed by atoms with Gasteiger partial charge < -0.3 is 29.1 Å². The van der Waals surface area contributed by atoms with Crippen LogP contribution in [0.5, 0.6) is 17.2 Å². The van der Waals surface area contributed by atoms with E-state index < -0.39 is 29.3 Å². The highest BCUT2D eigenvalue weighted by Crippen LogP contribution is 2.42. The molecule has 0 unspecified atom stereocenters. The molecule has 0 radical (unpaired) electrons. The number of amides is 1. The van der Waals surface area contributed by atoms with Gasteiger partial charge in [-0.2, -0.15) is 0 Å². The SMILES string of the molecule is COc1ccc(C(O)=C2C(=O)C(=O)N(CCN(C)C)[C@@H]2c2ccc(OC)c(OC)c2)cc1F. The van der Waals surface area contributed by atoms with Gasteiger partial charge in [-0.15, -0.1) is 0 Å². The van der Waals surface area contributed by atoms with Crippen molar-refractivity contribution in [2.45, 2.75) is 6.04 Å². The van der Waals surface area contributed by atoms with E-state index in [-0.39, 0.29) is 23.4 Å². The van der Waals surface area contributed by atoms with Crippen LogP contribution in [-0.4, -0.2) is 75.1 Å². The summed E-state index contributed by atoms with van der Waals surface area (Å²) in [4.78, 5) is 29.3. The van der Waals surface area contributed by atoms with Crippen LogP contribution in [0, 0.1) is 5.82 Å². The summed E-state index contributed by atoms with van der Waals surface area (Å²) in [6.45, 7) is 0.734. The average molecular weight is 458 g/mol. The minimum atomic E-state index is -0.894. The highest BCUT2D eigenvalue weighted by atomic mass is 19.1. The number of nitrogens with zero attached hydrogens (tertiary/aromatic N) is 2. The van der Waals surface area contributed by atoms with Crippen molar-refractivity contribution in [2.75, 3.05) is 48.5 Å². The molecule has 9 heteroatoms. The molecule has 0 bridgehead atoms. The second-order valence-corrected chi connectivity index (χ2v) is 7.76. The third-order valence-corrected chi connectivity index (χ3v) is 5.48. The van der Waals surface area contributed by atoms with Crippen LogP contribution >= 0.6 is 0 Å². The average Bonchev–Trinajstić information content (AvgIpc) is 3.06. The summed E-state index contributed by atoms with van der Waals surface area (Å²) in [7, 11) is 8.00. The molecule has 1 aliphatic heterocycles. The summed E-state index contributed by atoms with van der Waals surface area (Å²) in [6, 6.07) is 7.95.